The predicted molar refractivity (Wildman–Crippen MR) is 136 cm³/mol. The number of aliphatic imine (C=N–C) groups is 1. The lowest BCUT2D eigenvalue weighted by molar-refractivity contribution is -0.143. The lowest BCUT2D eigenvalue weighted by Crippen LogP contribution is -2.34. The minimum Gasteiger partial charge on any atom is -0.487 e. The van der Waals surface area contributed by atoms with Crippen LogP contribution in [0.1, 0.15) is 45.5 Å². The van der Waals surface area contributed by atoms with Crippen molar-refractivity contribution in [2.45, 2.75) is 19.4 Å². The molecule has 0 fully saturated rings. The van der Waals surface area contributed by atoms with Crippen LogP contribution in [-0.4, -0.2) is 24.6 Å². The maximum atomic E-state index is 13.5. The summed E-state index contributed by atoms with van der Waals surface area (Å²) < 4.78 is 11.0. The zero-order chi connectivity index (χ0) is 25.4. The van der Waals surface area contributed by atoms with Gasteiger partial charge in [-0.15, -0.1) is 0 Å². The lowest BCUT2D eigenvalue weighted by Gasteiger charge is -2.30. The highest BCUT2D eigenvalue weighted by molar-refractivity contribution is 6.32. The molecule has 178 valence electrons. The number of halogens is 1. The molecule has 2 aliphatic rings. The molecule has 1 heterocycles. The van der Waals surface area contributed by atoms with Crippen molar-refractivity contribution in [2.24, 2.45) is 10.9 Å². The number of hydrogen-bond acceptors (Lipinski definition) is 6. The van der Waals surface area contributed by atoms with Crippen molar-refractivity contribution in [1.29, 1.82) is 5.26 Å². The molecule has 0 N–H and O–H groups in total. The molecule has 1 unspecified atom stereocenters. The van der Waals surface area contributed by atoms with E-state index in [0.717, 1.165) is 11.1 Å². The quantitative estimate of drug-likeness (QED) is 0.420. The average molecular weight is 497 g/mol. The van der Waals surface area contributed by atoms with E-state index >= 15 is 0 Å². The van der Waals surface area contributed by atoms with Gasteiger partial charge >= 0.3 is 5.97 Å². The zero-order valence-electron chi connectivity index (χ0n) is 19.6. The monoisotopic (exact) mass is 496 g/mol. The molecular formula is C29H21ClN2O4. The van der Waals surface area contributed by atoms with Crippen LogP contribution in [0.2, 0.25) is 5.02 Å². The third-order valence-corrected chi connectivity index (χ3v) is 6.90. The van der Waals surface area contributed by atoms with Gasteiger partial charge in [-0.1, -0.05) is 60.1 Å². The highest BCUT2D eigenvalue weighted by Crippen LogP contribution is 2.48. The number of esters is 1. The molecule has 6 nitrogen and oxygen atoms in total. The summed E-state index contributed by atoms with van der Waals surface area (Å²) in [7, 11) is 1.32. The summed E-state index contributed by atoms with van der Waals surface area (Å²) in [4.78, 5) is 31.0. The van der Waals surface area contributed by atoms with Crippen molar-refractivity contribution in [3.8, 4) is 11.8 Å². The normalized spacial score (nSPS) is 18.2. The summed E-state index contributed by atoms with van der Waals surface area (Å²) in [6.07, 6.45) is 0. The number of methoxy groups -OCH3 is 1. The first-order chi connectivity index (χ1) is 17.4. The predicted octanol–water partition coefficient (Wildman–Crippen LogP) is 5.75. The van der Waals surface area contributed by atoms with Gasteiger partial charge in [0.1, 0.15) is 18.3 Å². The van der Waals surface area contributed by atoms with E-state index in [1.807, 2.05) is 30.3 Å². The Morgan fingerprint density at radius 3 is 2.53 bits per heavy atom. The molecule has 0 radical (unpaired) electrons. The number of nitrogens with zero attached hydrogens (tertiary/aromatic N) is 2. The first-order valence-corrected chi connectivity index (χ1v) is 11.7. The Morgan fingerprint density at radius 2 is 1.81 bits per heavy atom. The van der Waals surface area contributed by atoms with Gasteiger partial charge in [-0.05, 0) is 30.7 Å². The molecule has 0 bridgehead atoms. The molecule has 1 aliphatic heterocycles. The Labute approximate surface area is 213 Å². The van der Waals surface area contributed by atoms with Gasteiger partial charge in [0.2, 0.25) is 0 Å². The molecular weight excluding hydrogens is 476 g/mol. The van der Waals surface area contributed by atoms with Gasteiger partial charge < -0.3 is 9.47 Å². The molecule has 5 rings (SSSR count). The van der Waals surface area contributed by atoms with E-state index in [2.05, 4.69) is 11.1 Å². The van der Waals surface area contributed by atoms with Crippen LogP contribution in [0.4, 0.5) is 0 Å². The number of allylic oxidation sites excluding steroid dienone is 1. The van der Waals surface area contributed by atoms with Crippen LogP contribution >= 0.6 is 11.6 Å². The topological polar surface area (TPSA) is 88.8 Å². The van der Waals surface area contributed by atoms with Crippen LogP contribution in [-0.2, 0) is 16.1 Å². The molecule has 0 aromatic heterocycles. The molecule has 36 heavy (non-hydrogen) atoms. The number of ketones is 1. The Balaban J connectivity index is 1.53. The molecule has 7 heteroatoms. The maximum Gasteiger partial charge on any atom is 0.315 e. The molecule has 3 aromatic rings. The highest BCUT2D eigenvalue weighted by Gasteiger charge is 2.46. The Kier molecular flexibility index (Phi) is 6.17. The van der Waals surface area contributed by atoms with Crippen LogP contribution in [0.25, 0.3) is 5.70 Å². The second kappa shape index (κ2) is 9.44. The number of benzene rings is 3. The van der Waals surface area contributed by atoms with E-state index in [4.69, 9.17) is 21.1 Å². The molecule has 1 aliphatic carbocycles. The van der Waals surface area contributed by atoms with E-state index in [1.165, 1.54) is 7.11 Å². The Morgan fingerprint density at radius 1 is 1.08 bits per heavy atom. The second-order valence-electron chi connectivity index (χ2n) is 8.62. The largest absolute Gasteiger partial charge is 0.487 e. The molecule has 3 aromatic carbocycles. The van der Waals surface area contributed by atoms with E-state index in [-0.39, 0.29) is 12.4 Å². The smallest absolute Gasteiger partial charge is 0.315 e. The summed E-state index contributed by atoms with van der Waals surface area (Å²) in [6.45, 7) is 1.95. The van der Waals surface area contributed by atoms with Crippen LogP contribution < -0.4 is 4.74 Å². The summed E-state index contributed by atoms with van der Waals surface area (Å²) in [6, 6.07) is 21.9. The summed E-state index contributed by atoms with van der Waals surface area (Å²) in [5.74, 6) is -1.58. The summed E-state index contributed by atoms with van der Waals surface area (Å²) in [5, 5.41) is 9.64. The number of Topliss-reactive ketones (excluding diaryl/α,β-unsaturated/α-hetero) is 1. The fourth-order valence-electron chi connectivity index (χ4n) is 4.88. The van der Waals surface area contributed by atoms with Crippen molar-refractivity contribution in [2.75, 3.05) is 7.11 Å². The Bertz CT molecular complexity index is 1520. The van der Waals surface area contributed by atoms with Gasteiger partial charge in [0.25, 0.3) is 0 Å². The van der Waals surface area contributed by atoms with Crippen LogP contribution in [0.5, 0.6) is 5.75 Å². The standard InChI is InChI=1S/C29H21ClN2O4/c1-16-24(29(34)35-2)25(26-27(32-16)20-9-5-6-10-21(20)28(26)33)17-11-12-23(22(30)13-17)36-15-19-8-4-3-7-18(19)14-31/h3-13,24-25H,15H2,1-2H3/t24?,25-/m1/s1. The van der Waals surface area contributed by atoms with Crippen molar-refractivity contribution in [3.05, 3.63) is 105 Å². The number of rotatable bonds is 5. The van der Waals surface area contributed by atoms with Gasteiger partial charge in [0.15, 0.2) is 5.78 Å². The van der Waals surface area contributed by atoms with Gasteiger partial charge in [-0.25, -0.2) is 0 Å². The fourth-order valence-corrected chi connectivity index (χ4v) is 5.12. The number of carbonyl (C=O) groups excluding carboxylic acids is 2. The Hall–Kier alpha value is -4.21. The number of ether oxygens (including phenoxy) is 2. The van der Waals surface area contributed by atoms with Crippen molar-refractivity contribution in [1.82, 2.24) is 0 Å². The molecule has 0 saturated heterocycles. The van der Waals surface area contributed by atoms with Gasteiger partial charge in [-0.2, -0.15) is 5.26 Å². The number of nitriles is 1. The van der Waals surface area contributed by atoms with Crippen LogP contribution in [0.15, 0.2) is 77.3 Å². The average Bonchev–Trinajstić information content (AvgIpc) is 3.18. The minimum atomic E-state index is -0.766. The third kappa shape index (κ3) is 3.88. The van der Waals surface area contributed by atoms with E-state index in [1.54, 1.807) is 43.3 Å². The van der Waals surface area contributed by atoms with Crippen molar-refractivity contribution in [3.63, 3.8) is 0 Å². The van der Waals surface area contributed by atoms with Gasteiger partial charge in [0.05, 0.1) is 29.5 Å². The number of fused-ring (bicyclic) bond motifs is 2. The highest BCUT2D eigenvalue weighted by atomic mass is 35.5. The third-order valence-electron chi connectivity index (χ3n) is 6.60. The maximum absolute atomic E-state index is 13.5. The van der Waals surface area contributed by atoms with E-state index < -0.39 is 17.8 Å². The number of carbonyl (C=O) groups is 2. The second-order valence-corrected chi connectivity index (χ2v) is 9.02. The first kappa shape index (κ1) is 23.5. The van der Waals surface area contributed by atoms with Gasteiger partial charge in [0, 0.05) is 33.9 Å². The van der Waals surface area contributed by atoms with Crippen molar-refractivity contribution < 1.29 is 19.1 Å². The molecule has 2 atom stereocenters. The zero-order valence-corrected chi connectivity index (χ0v) is 20.4. The van der Waals surface area contributed by atoms with Crippen molar-refractivity contribution >= 4 is 34.8 Å². The van der Waals surface area contributed by atoms with Crippen LogP contribution in [0.3, 0.4) is 0 Å². The SMILES string of the molecule is COC(=O)C1C(C)=NC2=C(C(=O)c3ccccc32)[C@@H]1c1ccc(OCc2ccccc2C#N)c(Cl)c1. The van der Waals surface area contributed by atoms with Gasteiger partial charge in [-0.3, -0.25) is 14.6 Å². The first-order valence-electron chi connectivity index (χ1n) is 11.4. The van der Waals surface area contributed by atoms with E-state index in [9.17, 15) is 14.9 Å². The van der Waals surface area contributed by atoms with Crippen LogP contribution in [0, 0.1) is 17.2 Å². The molecule has 0 spiro atoms. The number of hydrogen-bond donors (Lipinski definition) is 0. The molecule has 0 saturated carbocycles. The molecule has 0 amide bonds. The summed E-state index contributed by atoms with van der Waals surface area (Å²) in [5.41, 5.74) is 4.90. The fraction of sp³-hybridized carbons (Fsp3) is 0.172. The minimum absolute atomic E-state index is 0.152. The van der Waals surface area contributed by atoms with E-state index in [0.29, 0.717) is 44.4 Å². The lowest BCUT2D eigenvalue weighted by atomic mass is 9.75. The summed E-state index contributed by atoms with van der Waals surface area (Å²) >= 11 is 6.62.